The van der Waals surface area contributed by atoms with Crippen molar-refractivity contribution in [1.82, 2.24) is 4.90 Å². The zero-order chi connectivity index (χ0) is 9.38. The Labute approximate surface area is 85.4 Å². The highest BCUT2D eigenvalue weighted by atomic mass is 16.6. The van der Waals surface area contributed by atoms with Gasteiger partial charge in [0, 0.05) is 19.1 Å². The van der Waals surface area contributed by atoms with Crippen LogP contribution in [0.3, 0.4) is 0 Å². The molecule has 14 heavy (non-hydrogen) atoms. The van der Waals surface area contributed by atoms with Gasteiger partial charge in [0.05, 0.1) is 25.4 Å². The Morgan fingerprint density at radius 2 is 2.00 bits per heavy atom. The maximum Gasteiger partial charge on any atom is 0.0936 e. The second-order valence-electron chi connectivity index (χ2n) is 4.71. The van der Waals surface area contributed by atoms with Crippen molar-refractivity contribution in [3.8, 4) is 0 Å². The molecular formula is C11H19NO2. The molecule has 3 nitrogen and oxygen atoms in total. The topological polar surface area (TPSA) is 25.0 Å². The van der Waals surface area contributed by atoms with Gasteiger partial charge in [-0.3, -0.25) is 4.90 Å². The molecule has 2 heterocycles. The third-order valence-corrected chi connectivity index (χ3v) is 3.69. The fourth-order valence-corrected chi connectivity index (χ4v) is 2.84. The molecule has 2 saturated heterocycles. The molecule has 3 atom stereocenters. The minimum absolute atomic E-state index is 0.524. The van der Waals surface area contributed by atoms with E-state index >= 15 is 0 Å². The van der Waals surface area contributed by atoms with E-state index in [1.807, 2.05) is 0 Å². The molecule has 0 aromatic heterocycles. The quantitative estimate of drug-likeness (QED) is 0.618. The number of hydrogen-bond donors (Lipinski definition) is 0. The van der Waals surface area contributed by atoms with Crippen LogP contribution >= 0.6 is 0 Å². The molecule has 1 saturated carbocycles. The van der Waals surface area contributed by atoms with Crippen molar-refractivity contribution < 1.29 is 9.47 Å². The predicted octanol–water partition coefficient (Wildman–Crippen LogP) is 1.03. The van der Waals surface area contributed by atoms with E-state index in [4.69, 9.17) is 9.47 Å². The lowest BCUT2D eigenvalue weighted by atomic mass is 9.90. The minimum atomic E-state index is 0.524. The first-order valence-corrected chi connectivity index (χ1v) is 5.91. The average molecular weight is 197 g/mol. The molecule has 3 fully saturated rings. The Hall–Kier alpha value is -0.120. The van der Waals surface area contributed by atoms with Gasteiger partial charge in [0.1, 0.15) is 0 Å². The lowest BCUT2D eigenvalue weighted by molar-refractivity contribution is -0.0892. The van der Waals surface area contributed by atoms with Gasteiger partial charge in [-0.25, -0.2) is 0 Å². The number of fused-ring (bicyclic) bond motifs is 1. The fraction of sp³-hybridized carbons (Fsp3) is 1.00. The lowest BCUT2D eigenvalue weighted by Gasteiger charge is -2.43. The summed E-state index contributed by atoms with van der Waals surface area (Å²) in [5.74, 6) is 0. The van der Waals surface area contributed by atoms with Crippen LogP contribution < -0.4 is 0 Å². The summed E-state index contributed by atoms with van der Waals surface area (Å²) in [7, 11) is 0. The molecule has 0 N–H and O–H groups in total. The van der Waals surface area contributed by atoms with Gasteiger partial charge in [0.15, 0.2) is 0 Å². The SMILES string of the molecule is C1CCC2C(C1)OCCN2CC1CO1. The second-order valence-corrected chi connectivity index (χ2v) is 4.71. The summed E-state index contributed by atoms with van der Waals surface area (Å²) in [6.45, 7) is 4.16. The van der Waals surface area contributed by atoms with E-state index in [0.717, 1.165) is 26.3 Å². The molecular weight excluding hydrogens is 178 g/mol. The normalized spacial score (nSPS) is 43.3. The summed E-state index contributed by atoms with van der Waals surface area (Å²) in [4.78, 5) is 2.60. The van der Waals surface area contributed by atoms with Gasteiger partial charge in [-0.2, -0.15) is 0 Å². The van der Waals surface area contributed by atoms with Crippen molar-refractivity contribution in [2.75, 3.05) is 26.3 Å². The summed E-state index contributed by atoms with van der Waals surface area (Å²) >= 11 is 0. The third kappa shape index (κ3) is 1.81. The van der Waals surface area contributed by atoms with Gasteiger partial charge >= 0.3 is 0 Å². The van der Waals surface area contributed by atoms with Gasteiger partial charge in [-0.1, -0.05) is 12.8 Å². The molecule has 3 rings (SSSR count). The molecule has 0 aromatic carbocycles. The van der Waals surface area contributed by atoms with Crippen LogP contribution in [0, 0.1) is 0 Å². The van der Waals surface area contributed by atoms with Gasteiger partial charge in [-0.05, 0) is 12.8 Å². The largest absolute Gasteiger partial charge is 0.375 e. The van der Waals surface area contributed by atoms with E-state index in [-0.39, 0.29) is 0 Å². The van der Waals surface area contributed by atoms with E-state index in [1.165, 1.54) is 25.7 Å². The third-order valence-electron chi connectivity index (χ3n) is 3.69. The van der Waals surface area contributed by atoms with Crippen LogP contribution in [0.5, 0.6) is 0 Å². The standard InChI is InChI=1S/C11H19NO2/c1-2-4-11-10(3-1)12(5-6-13-11)7-9-8-14-9/h9-11H,1-8H2. The Kier molecular flexibility index (Phi) is 2.48. The molecule has 0 aromatic rings. The second kappa shape index (κ2) is 3.80. The highest BCUT2D eigenvalue weighted by Gasteiger charge is 2.37. The van der Waals surface area contributed by atoms with Gasteiger partial charge in [0.2, 0.25) is 0 Å². The number of epoxide rings is 1. The maximum atomic E-state index is 5.83. The van der Waals surface area contributed by atoms with Crippen LogP contribution in [0.1, 0.15) is 25.7 Å². The number of ether oxygens (including phenoxy) is 2. The van der Waals surface area contributed by atoms with Crippen LogP contribution in [0.15, 0.2) is 0 Å². The van der Waals surface area contributed by atoms with Crippen molar-refractivity contribution in [2.45, 2.75) is 43.9 Å². The molecule has 3 unspecified atom stereocenters. The average Bonchev–Trinajstić information content (AvgIpc) is 3.03. The Morgan fingerprint density at radius 3 is 2.86 bits per heavy atom. The zero-order valence-electron chi connectivity index (χ0n) is 8.65. The molecule has 3 aliphatic rings. The van der Waals surface area contributed by atoms with Gasteiger partial charge in [0.25, 0.3) is 0 Å². The van der Waals surface area contributed by atoms with Gasteiger partial charge in [-0.15, -0.1) is 0 Å². The fourth-order valence-electron chi connectivity index (χ4n) is 2.84. The summed E-state index contributed by atoms with van der Waals surface area (Å²) in [6.07, 6.45) is 6.40. The molecule has 0 amide bonds. The maximum absolute atomic E-state index is 5.83. The van der Waals surface area contributed by atoms with Crippen LogP contribution in [0.2, 0.25) is 0 Å². The first-order valence-electron chi connectivity index (χ1n) is 5.91. The first kappa shape index (κ1) is 9.13. The molecule has 3 heteroatoms. The zero-order valence-corrected chi connectivity index (χ0v) is 8.65. The van der Waals surface area contributed by atoms with E-state index in [0.29, 0.717) is 18.2 Å². The van der Waals surface area contributed by atoms with Crippen LogP contribution in [0.25, 0.3) is 0 Å². The summed E-state index contributed by atoms with van der Waals surface area (Å²) in [5.41, 5.74) is 0. The molecule has 0 spiro atoms. The Morgan fingerprint density at radius 1 is 1.14 bits per heavy atom. The number of morpholine rings is 1. The molecule has 1 aliphatic carbocycles. The van der Waals surface area contributed by atoms with Gasteiger partial charge < -0.3 is 9.47 Å². The molecule has 0 radical (unpaired) electrons. The molecule has 80 valence electrons. The van der Waals surface area contributed by atoms with Crippen LogP contribution in [-0.4, -0.2) is 49.5 Å². The molecule has 2 aliphatic heterocycles. The van der Waals surface area contributed by atoms with Crippen molar-refractivity contribution in [3.05, 3.63) is 0 Å². The molecule has 0 bridgehead atoms. The van der Waals surface area contributed by atoms with E-state index < -0.39 is 0 Å². The predicted molar refractivity (Wildman–Crippen MR) is 53.3 cm³/mol. The Bertz CT molecular complexity index is 203. The number of nitrogens with zero attached hydrogens (tertiary/aromatic N) is 1. The summed E-state index contributed by atoms with van der Waals surface area (Å²) < 4.78 is 11.1. The highest BCUT2D eigenvalue weighted by molar-refractivity contribution is 4.89. The van der Waals surface area contributed by atoms with Crippen LogP contribution in [0.4, 0.5) is 0 Å². The van der Waals surface area contributed by atoms with Crippen molar-refractivity contribution >= 4 is 0 Å². The number of hydrogen-bond acceptors (Lipinski definition) is 3. The lowest BCUT2D eigenvalue weighted by Crippen LogP contribution is -2.53. The monoisotopic (exact) mass is 197 g/mol. The van der Waals surface area contributed by atoms with Crippen LogP contribution in [-0.2, 0) is 9.47 Å². The van der Waals surface area contributed by atoms with E-state index in [2.05, 4.69) is 4.90 Å². The summed E-state index contributed by atoms with van der Waals surface area (Å²) in [6, 6.07) is 0.696. The number of rotatable bonds is 2. The van der Waals surface area contributed by atoms with Crippen molar-refractivity contribution in [2.24, 2.45) is 0 Å². The van der Waals surface area contributed by atoms with E-state index in [9.17, 15) is 0 Å². The minimum Gasteiger partial charge on any atom is -0.375 e. The van der Waals surface area contributed by atoms with Crippen molar-refractivity contribution in [1.29, 1.82) is 0 Å². The van der Waals surface area contributed by atoms with Crippen molar-refractivity contribution in [3.63, 3.8) is 0 Å². The highest BCUT2D eigenvalue weighted by Crippen LogP contribution is 2.29. The smallest absolute Gasteiger partial charge is 0.0936 e. The van der Waals surface area contributed by atoms with E-state index in [1.54, 1.807) is 0 Å². The Balaban J connectivity index is 1.63. The summed E-state index contributed by atoms with van der Waals surface area (Å²) in [5, 5.41) is 0. The first-order chi connectivity index (χ1) is 6.93.